The first-order chi connectivity index (χ1) is 13.9. The first kappa shape index (κ1) is 24.3. The third kappa shape index (κ3) is 7.65. The number of hydrogen-bond donors (Lipinski definition) is 1. The predicted molar refractivity (Wildman–Crippen MR) is 108 cm³/mol. The largest absolute Gasteiger partial charge is 0.493 e. The van der Waals surface area contributed by atoms with Crippen molar-refractivity contribution in [2.75, 3.05) is 26.9 Å². The molecule has 0 saturated heterocycles. The maximum Gasteiger partial charge on any atom is 0.340 e. The molecule has 0 bridgehead atoms. The number of rotatable bonds is 11. The summed E-state index contributed by atoms with van der Waals surface area (Å²) in [6.07, 6.45) is 3.42. The minimum absolute atomic E-state index is 0.0607. The number of benzene rings is 1. The Morgan fingerprint density at radius 1 is 1.10 bits per heavy atom. The van der Waals surface area contributed by atoms with E-state index >= 15 is 0 Å². The van der Waals surface area contributed by atoms with E-state index in [1.54, 1.807) is 26.0 Å². The molecular weight excluding hydrogens is 402 g/mol. The zero-order chi connectivity index (χ0) is 21.8. The average molecular weight is 428 g/mol. The molecule has 1 rings (SSSR count). The van der Waals surface area contributed by atoms with Crippen LogP contribution in [-0.4, -0.2) is 50.8 Å². The van der Waals surface area contributed by atoms with Crippen LogP contribution in [0, 0.1) is 0 Å². The molecule has 0 radical (unpaired) electrons. The molecule has 1 aromatic carbocycles. The molecule has 29 heavy (non-hydrogen) atoms. The summed E-state index contributed by atoms with van der Waals surface area (Å²) >= 11 is 6.24. The van der Waals surface area contributed by atoms with Crippen molar-refractivity contribution in [3.63, 3.8) is 0 Å². The van der Waals surface area contributed by atoms with Crippen molar-refractivity contribution in [1.29, 1.82) is 0 Å². The highest BCUT2D eigenvalue weighted by Crippen LogP contribution is 2.36. The second-order valence-electron chi connectivity index (χ2n) is 5.66. The van der Waals surface area contributed by atoms with Crippen molar-refractivity contribution in [2.45, 2.75) is 33.2 Å². The van der Waals surface area contributed by atoms with Gasteiger partial charge in [0.05, 0.1) is 32.0 Å². The number of amides is 1. The molecule has 8 nitrogen and oxygen atoms in total. The molecule has 9 heteroatoms. The van der Waals surface area contributed by atoms with Crippen LogP contribution in [0.3, 0.4) is 0 Å². The third-order valence-electron chi connectivity index (χ3n) is 3.46. The van der Waals surface area contributed by atoms with E-state index in [9.17, 15) is 14.4 Å². The fourth-order valence-corrected chi connectivity index (χ4v) is 2.48. The van der Waals surface area contributed by atoms with Gasteiger partial charge in [0.15, 0.2) is 11.5 Å². The van der Waals surface area contributed by atoms with E-state index in [0.717, 1.165) is 12.5 Å². The fraction of sp³-hybridized carbons (Fsp3) is 0.450. The van der Waals surface area contributed by atoms with Gasteiger partial charge >= 0.3 is 11.9 Å². The second kappa shape index (κ2) is 12.7. The van der Waals surface area contributed by atoms with Gasteiger partial charge in [0.25, 0.3) is 0 Å². The summed E-state index contributed by atoms with van der Waals surface area (Å²) in [6.45, 7) is 5.75. The molecule has 0 aliphatic carbocycles. The molecular formula is C20H26ClNO7. The molecule has 160 valence electrons. The van der Waals surface area contributed by atoms with Crippen molar-refractivity contribution >= 4 is 35.5 Å². The fourth-order valence-electron chi connectivity index (χ4n) is 2.21. The normalized spacial score (nSPS) is 10.7. The smallest absolute Gasteiger partial charge is 0.340 e. The van der Waals surface area contributed by atoms with Crippen LogP contribution in [-0.2, 0) is 23.9 Å². The number of esters is 2. The Bertz CT molecular complexity index is 731. The summed E-state index contributed by atoms with van der Waals surface area (Å²) in [4.78, 5) is 36.0. The van der Waals surface area contributed by atoms with Crippen molar-refractivity contribution in [3.05, 3.63) is 28.8 Å². The maximum absolute atomic E-state index is 12.2. The molecule has 0 unspecified atom stereocenters. The van der Waals surface area contributed by atoms with Crippen LogP contribution < -0.4 is 14.8 Å². The summed E-state index contributed by atoms with van der Waals surface area (Å²) in [5.41, 5.74) is 0.565. The van der Waals surface area contributed by atoms with Gasteiger partial charge in [-0.15, -0.1) is 0 Å². The number of methoxy groups -OCH3 is 1. The quantitative estimate of drug-likeness (QED) is 0.329. The SMILES string of the molecule is CCCOc1c(Cl)cc(/C=C/C(=O)NC(C(=O)OCC)C(=O)OCC)cc1OC. The number of nitrogens with one attached hydrogen (secondary N) is 1. The van der Waals surface area contributed by atoms with Crippen LogP contribution in [0.2, 0.25) is 5.02 Å². The summed E-state index contributed by atoms with van der Waals surface area (Å²) < 4.78 is 20.5. The molecule has 0 fully saturated rings. The lowest BCUT2D eigenvalue weighted by atomic mass is 10.1. The van der Waals surface area contributed by atoms with Gasteiger partial charge in [0.2, 0.25) is 11.9 Å². The molecule has 0 heterocycles. The molecule has 0 aliphatic rings. The minimum atomic E-state index is -1.55. The van der Waals surface area contributed by atoms with Gasteiger partial charge in [0, 0.05) is 6.08 Å². The number of carbonyl (C=O) groups excluding carboxylic acids is 3. The van der Waals surface area contributed by atoms with Gasteiger partial charge in [-0.25, -0.2) is 9.59 Å². The van der Waals surface area contributed by atoms with Crippen molar-refractivity contribution < 1.29 is 33.3 Å². The molecule has 0 saturated carbocycles. The Morgan fingerprint density at radius 2 is 1.72 bits per heavy atom. The van der Waals surface area contributed by atoms with Gasteiger partial charge in [0.1, 0.15) is 0 Å². The van der Waals surface area contributed by atoms with E-state index in [1.165, 1.54) is 13.2 Å². The van der Waals surface area contributed by atoms with Crippen molar-refractivity contribution in [1.82, 2.24) is 5.32 Å². The van der Waals surface area contributed by atoms with E-state index in [4.69, 9.17) is 30.5 Å². The predicted octanol–water partition coefficient (Wildman–Crippen LogP) is 2.76. The highest BCUT2D eigenvalue weighted by atomic mass is 35.5. The molecule has 1 N–H and O–H groups in total. The van der Waals surface area contributed by atoms with Gasteiger partial charge in [-0.2, -0.15) is 0 Å². The zero-order valence-electron chi connectivity index (χ0n) is 17.0. The topological polar surface area (TPSA) is 100 Å². The lowest BCUT2D eigenvalue weighted by molar-refractivity contribution is -0.159. The molecule has 1 aromatic rings. The summed E-state index contributed by atoms with van der Waals surface area (Å²) in [5.74, 6) is -1.63. The van der Waals surface area contributed by atoms with Gasteiger partial charge < -0.3 is 24.3 Å². The summed E-state index contributed by atoms with van der Waals surface area (Å²) in [6, 6.07) is 1.71. The van der Waals surface area contributed by atoms with E-state index in [-0.39, 0.29) is 13.2 Å². The average Bonchev–Trinajstić information content (AvgIpc) is 2.69. The minimum Gasteiger partial charge on any atom is -0.493 e. The van der Waals surface area contributed by atoms with Crippen molar-refractivity contribution in [3.8, 4) is 11.5 Å². The monoisotopic (exact) mass is 427 g/mol. The Hall–Kier alpha value is -2.74. The number of hydrogen-bond acceptors (Lipinski definition) is 7. The molecule has 0 spiro atoms. The van der Waals surface area contributed by atoms with E-state index in [2.05, 4.69) is 5.32 Å². The Labute approximate surface area is 175 Å². The molecule has 0 aromatic heterocycles. The number of carbonyl (C=O) groups is 3. The standard InChI is InChI=1S/C20H26ClNO7/c1-5-10-29-18-14(21)11-13(12-15(18)26-4)8-9-16(23)22-17(19(24)27-6-2)20(25)28-7-3/h8-9,11-12,17H,5-7,10H2,1-4H3,(H,22,23)/b9-8+. The molecule has 0 atom stereocenters. The van der Waals surface area contributed by atoms with Crippen molar-refractivity contribution in [2.24, 2.45) is 0 Å². The van der Waals surface area contributed by atoms with Gasteiger partial charge in [-0.3, -0.25) is 4.79 Å². The highest BCUT2D eigenvalue weighted by molar-refractivity contribution is 6.32. The number of halogens is 1. The first-order valence-electron chi connectivity index (χ1n) is 9.19. The van der Waals surface area contributed by atoms with E-state index in [1.807, 2.05) is 6.92 Å². The van der Waals surface area contributed by atoms with E-state index in [0.29, 0.717) is 28.7 Å². The Balaban J connectivity index is 2.95. The van der Waals surface area contributed by atoms with Gasteiger partial charge in [-0.05, 0) is 44.0 Å². The first-order valence-corrected chi connectivity index (χ1v) is 9.57. The summed E-state index contributed by atoms with van der Waals surface area (Å²) in [7, 11) is 1.48. The Morgan fingerprint density at radius 3 is 2.24 bits per heavy atom. The molecule has 1 amide bonds. The number of ether oxygens (including phenoxy) is 4. The maximum atomic E-state index is 12.2. The zero-order valence-corrected chi connectivity index (χ0v) is 17.7. The van der Waals surface area contributed by atoms with E-state index < -0.39 is 23.9 Å². The third-order valence-corrected chi connectivity index (χ3v) is 3.74. The second-order valence-corrected chi connectivity index (χ2v) is 6.07. The molecule has 0 aliphatic heterocycles. The van der Waals surface area contributed by atoms with Gasteiger partial charge in [-0.1, -0.05) is 18.5 Å². The highest BCUT2D eigenvalue weighted by Gasteiger charge is 2.30. The van der Waals surface area contributed by atoms with Crippen LogP contribution in [0.5, 0.6) is 11.5 Å². The van der Waals surface area contributed by atoms with Crippen LogP contribution in [0.25, 0.3) is 6.08 Å². The van der Waals surface area contributed by atoms with Crippen LogP contribution >= 0.6 is 11.6 Å². The van der Waals surface area contributed by atoms with Crippen LogP contribution in [0.4, 0.5) is 0 Å². The van der Waals surface area contributed by atoms with Crippen LogP contribution in [0.1, 0.15) is 32.8 Å². The Kier molecular flexibility index (Phi) is 10.6. The lowest BCUT2D eigenvalue weighted by Crippen LogP contribution is -2.47. The van der Waals surface area contributed by atoms with Crippen LogP contribution in [0.15, 0.2) is 18.2 Å². The summed E-state index contributed by atoms with van der Waals surface area (Å²) in [5, 5.41) is 2.60. The lowest BCUT2D eigenvalue weighted by Gasteiger charge is -2.15.